The summed E-state index contributed by atoms with van der Waals surface area (Å²) in [6, 6.07) is 2.31. The topological polar surface area (TPSA) is 70.3 Å². The molecule has 2 rings (SSSR count). The van der Waals surface area contributed by atoms with Crippen molar-refractivity contribution in [3.05, 3.63) is 11.9 Å². The number of aryl methyl sites for hydroxylation is 1. The summed E-state index contributed by atoms with van der Waals surface area (Å²) in [5.74, 6) is 2.20. The number of nitrogens with zero attached hydrogens (tertiary/aromatic N) is 4. The maximum absolute atomic E-state index is 5.84. The first-order valence-corrected chi connectivity index (χ1v) is 7.34. The molecule has 1 aromatic heterocycles. The van der Waals surface area contributed by atoms with E-state index in [1.54, 1.807) is 0 Å². The highest BCUT2D eigenvalue weighted by atomic mass is 15.3. The largest absolute Gasteiger partial charge is 0.384 e. The van der Waals surface area contributed by atoms with Crippen molar-refractivity contribution in [3.8, 4) is 0 Å². The van der Waals surface area contributed by atoms with E-state index >= 15 is 0 Å². The lowest BCUT2D eigenvalue weighted by molar-refractivity contribution is 0.122. The highest BCUT2D eigenvalue weighted by Crippen LogP contribution is 2.12. The van der Waals surface area contributed by atoms with Crippen LogP contribution in [-0.4, -0.2) is 66.1 Å². The Morgan fingerprint density at radius 2 is 2.15 bits per heavy atom. The van der Waals surface area contributed by atoms with Crippen molar-refractivity contribution in [1.29, 1.82) is 0 Å². The third kappa shape index (κ3) is 4.05. The molecule has 0 spiro atoms. The maximum Gasteiger partial charge on any atom is 0.133 e. The summed E-state index contributed by atoms with van der Waals surface area (Å²) in [7, 11) is 4.35. The average Bonchev–Trinajstić information content (AvgIpc) is 2.40. The fraction of sp³-hybridized carbons (Fsp3) is 0.714. The molecule has 112 valence electrons. The third-order valence-electron chi connectivity index (χ3n) is 3.76. The molecule has 6 heteroatoms. The van der Waals surface area contributed by atoms with E-state index < -0.39 is 0 Å². The molecule has 0 aliphatic carbocycles. The first kappa shape index (κ1) is 15.0. The summed E-state index contributed by atoms with van der Waals surface area (Å²) in [6.45, 7) is 6.31. The van der Waals surface area contributed by atoms with Gasteiger partial charge >= 0.3 is 0 Å². The van der Waals surface area contributed by atoms with Crippen molar-refractivity contribution in [2.24, 2.45) is 0 Å². The van der Waals surface area contributed by atoms with Gasteiger partial charge in [0, 0.05) is 44.7 Å². The molecule has 1 aliphatic heterocycles. The number of nitrogens with one attached hydrogen (secondary N) is 1. The Morgan fingerprint density at radius 3 is 2.90 bits per heavy atom. The van der Waals surface area contributed by atoms with E-state index in [9.17, 15) is 0 Å². The molecule has 1 atom stereocenters. The van der Waals surface area contributed by atoms with Gasteiger partial charge in [-0.05, 0) is 20.5 Å². The number of anilines is 2. The van der Waals surface area contributed by atoms with Crippen LogP contribution >= 0.6 is 0 Å². The molecule has 0 aromatic carbocycles. The molecule has 0 bridgehead atoms. The molecule has 1 aromatic rings. The minimum absolute atomic E-state index is 0.500. The fourth-order valence-corrected chi connectivity index (χ4v) is 2.49. The van der Waals surface area contributed by atoms with Crippen molar-refractivity contribution >= 4 is 11.6 Å². The molecule has 1 aliphatic rings. The summed E-state index contributed by atoms with van der Waals surface area (Å²) >= 11 is 0. The Hall–Kier alpha value is -1.40. The zero-order valence-corrected chi connectivity index (χ0v) is 12.8. The van der Waals surface area contributed by atoms with E-state index in [2.05, 4.69) is 46.1 Å². The first-order chi connectivity index (χ1) is 9.58. The second-order valence-electron chi connectivity index (χ2n) is 5.62. The number of aromatic nitrogens is 2. The van der Waals surface area contributed by atoms with Crippen LogP contribution in [0.2, 0.25) is 0 Å². The number of rotatable bonds is 5. The van der Waals surface area contributed by atoms with Crippen molar-refractivity contribution < 1.29 is 0 Å². The zero-order valence-electron chi connectivity index (χ0n) is 12.8. The average molecular weight is 278 g/mol. The highest BCUT2D eigenvalue weighted by molar-refractivity contribution is 5.44. The molecule has 2 heterocycles. The van der Waals surface area contributed by atoms with Gasteiger partial charge in [-0.25, -0.2) is 9.97 Å². The third-order valence-corrected chi connectivity index (χ3v) is 3.76. The van der Waals surface area contributed by atoms with Crippen LogP contribution in [0.25, 0.3) is 0 Å². The Bertz CT molecular complexity index is 436. The van der Waals surface area contributed by atoms with Gasteiger partial charge in [0.15, 0.2) is 0 Å². The molecule has 1 saturated heterocycles. The predicted molar refractivity (Wildman–Crippen MR) is 82.8 cm³/mol. The summed E-state index contributed by atoms with van der Waals surface area (Å²) in [5.41, 5.74) is 5.84. The molecular weight excluding hydrogens is 252 g/mol. The first-order valence-electron chi connectivity index (χ1n) is 7.34. The SMILES string of the molecule is CCCc1nc(N)cc(NCC2CN(C)CCN2C)n1. The summed E-state index contributed by atoms with van der Waals surface area (Å²) in [4.78, 5) is 13.5. The predicted octanol–water partition coefficient (Wildman–Crippen LogP) is 0.669. The lowest BCUT2D eigenvalue weighted by atomic mass is 10.2. The van der Waals surface area contributed by atoms with Crippen LogP contribution in [0, 0.1) is 0 Å². The summed E-state index contributed by atoms with van der Waals surface area (Å²) in [5, 5.41) is 3.41. The minimum atomic E-state index is 0.500. The Kier molecular flexibility index (Phi) is 5.14. The fourth-order valence-electron chi connectivity index (χ4n) is 2.49. The Labute approximate surface area is 121 Å². The van der Waals surface area contributed by atoms with Crippen molar-refractivity contribution in [1.82, 2.24) is 19.8 Å². The lowest BCUT2D eigenvalue weighted by Crippen LogP contribution is -2.52. The number of piperazine rings is 1. The Morgan fingerprint density at radius 1 is 1.35 bits per heavy atom. The van der Waals surface area contributed by atoms with Crippen LogP contribution in [-0.2, 0) is 6.42 Å². The van der Waals surface area contributed by atoms with Crippen molar-refractivity contribution in [3.63, 3.8) is 0 Å². The molecule has 0 amide bonds. The molecule has 1 unspecified atom stereocenters. The standard InChI is InChI=1S/C14H26N6/c1-4-5-13-17-12(15)8-14(18-13)16-9-11-10-19(2)6-7-20(11)3/h8,11H,4-7,9-10H2,1-3H3,(H3,15,16,17,18). The molecule has 6 nitrogen and oxygen atoms in total. The quantitative estimate of drug-likeness (QED) is 0.825. The van der Waals surface area contributed by atoms with Crippen LogP contribution in [0.1, 0.15) is 19.2 Å². The van der Waals surface area contributed by atoms with Crippen LogP contribution in [0.5, 0.6) is 0 Å². The zero-order chi connectivity index (χ0) is 14.5. The molecule has 3 N–H and O–H groups in total. The van der Waals surface area contributed by atoms with Gasteiger partial charge in [-0.2, -0.15) is 0 Å². The van der Waals surface area contributed by atoms with Gasteiger partial charge in [-0.3, -0.25) is 4.90 Å². The van der Waals surface area contributed by atoms with E-state index in [1.165, 1.54) is 0 Å². The Balaban J connectivity index is 1.95. The number of nitrogens with two attached hydrogens (primary N) is 1. The lowest BCUT2D eigenvalue weighted by Gasteiger charge is -2.37. The summed E-state index contributed by atoms with van der Waals surface area (Å²) < 4.78 is 0. The smallest absolute Gasteiger partial charge is 0.133 e. The number of likely N-dealkylation sites (N-methyl/N-ethyl adjacent to an activating group) is 2. The number of hydrogen-bond donors (Lipinski definition) is 2. The highest BCUT2D eigenvalue weighted by Gasteiger charge is 2.21. The van der Waals surface area contributed by atoms with Gasteiger partial charge in [0.05, 0.1) is 0 Å². The van der Waals surface area contributed by atoms with E-state index in [0.29, 0.717) is 11.9 Å². The van der Waals surface area contributed by atoms with Crippen LogP contribution < -0.4 is 11.1 Å². The van der Waals surface area contributed by atoms with Crippen LogP contribution in [0.3, 0.4) is 0 Å². The van der Waals surface area contributed by atoms with Crippen LogP contribution in [0.15, 0.2) is 6.07 Å². The van der Waals surface area contributed by atoms with Crippen molar-refractivity contribution in [2.75, 3.05) is 51.3 Å². The second kappa shape index (κ2) is 6.85. The maximum atomic E-state index is 5.84. The van der Waals surface area contributed by atoms with E-state index in [1.807, 2.05) is 6.07 Å². The monoisotopic (exact) mass is 278 g/mol. The van der Waals surface area contributed by atoms with Gasteiger partial charge in [-0.1, -0.05) is 6.92 Å². The van der Waals surface area contributed by atoms with E-state index in [-0.39, 0.29) is 0 Å². The molecule has 1 fully saturated rings. The van der Waals surface area contributed by atoms with Gasteiger partial charge in [0.2, 0.25) is 0 Å². The van der Waals surface area contributed by atoms with Crippen molar-refractivity contribution in [2.45, 2.75) is 25.8 Å². The number of nitrogen functional groups attached to an aromatic ring is 1. The molecule has 0 radical (unpaired) electrons. The van der Waals surface area contributed by atoms with Gasteiger partial charge in [0.1, 0.15) is 17.5 Å². The molecular formula is C14H26N6. The molecule has 20 heavy (non-hydrogen) atoms. The number of hydrogen-bond acceptors (Lipinski definition) is 6. The van der Waals surface area contributed by atoms with E-state index in [0.717, 1.165) is 50.7 Å². The minimum Gasteiger partial charge on any atom is -0.384 e. The summed E-state index contributed by atoms with van der Waals surface area (Å²) in [6.07, 6.45) is 1.89. The van der Waals surface area contributed by atoms with Gasteiger partial charge < -0.3 is 16.0 Å². The van der Waals surface area contributed by atoms with E-state index in [4.69, 9.17) is 5.73 Å². The normalized spacial score (nSPS) is 21.1. The van der Waals surface area contributed by atoms with Gasteiger partial charge in [0.25, 0.3) is 0 Å². The molecule has 0 saturated carbocycles. The van der Waals surface area contributed by atoms with Crippen LogP contribution in [0.4, 0.5) is 11.6 Å². The van der Waals surface area contributed by atoms with Gasteiger partial charge in [-0.15, -0.1) is 0 Å². The second-order valence-corrected chi connectivity index (χ2v) is 5.62.